The average Bonchev–Trinajstić information content (AvgIpc) is 2.60. The van der Waals surface area contributed by atoms with Gasteiger partial charge in [0.15, 0.2) is 5.78 Å². The van der Waals surface area contributed by atoms with Gasteiger partial charge in [-0.25, -0.2) is 0 Å². The normalized spacial score (nSPS) is 12.2. The van der Waals surface area contributed by atoms with E-state index in [1.807, 2.05) is 30.3 Å². The lowest BCUT2D eigenvalue weighted by molar-refractivity contribution is -0.118. The molecule has 1 unspecified atom stereocenters. The molecule has 4 heteroatoms. The molecule has 1 atom stereocenters. The van der Waals surface area contributed by atoms with E-state index in [4.69, 9.17) is 0 Å². The molecular formula is C21H31NO2S. The number of allylic oxidation sites excluding steroid dienone is 1. The van der Waals surface area contributed by atoms with Crippen molar-refractivity contribution >= 4 is 24.3 Å². The molecule has 1 amide bonds. The van der Waals surface area contributed by atoms with Crippen LogP contribution in [-0.4, -0.2) is 23.5 Å². The van der Waals surface area contributed by atoms with Crippen molar-refractivity contribution in [1.82, 2.24) is 5.32 Å². The topological polar surface area (TPSA) is 46.2 Å². The van der Waals surface area contributed by atoms with E-state index in [0.29, 0.717) is 13.0 Å². The Kier molecular flexibility index (Phi) is 11.8. The summed E-state index contributed by atoms with van der Waals surface area (Å²) in [6, 6.07) is 9.98. The Labute approximate surface area is 157 Å². The molecule has 0 aliphatic rings. The standard InChI is InChI=1S/C21H31NO2S/c1-2-3-4-5-6-10-15-22-21(24)14-13-19(23)17-20(25)16-18-11-8-7-9-12-18/h7-9,11-14,20,25H,2-6,10,15-17H2,1H3,(H,22,24). The summed E-state index contributed by atoms with van der Waals surface area (Å²) in [5.41, 5.74) is 1.16. The number of hydrogen-bond donors (Lipinski definition) is 2. The van der Waals surface area contributed by atoms with E-state index in [-0.39, 0.29) is 16.9 Å². The lowest BCUT2D eigenvalue weighted by atomic mass is 10.1. The van der Waals surface area contributed by atoms with Gasteiger partial charge in [0, 0.05) is 24.3 Å². The zero-order valence-electron chi connectivity index (χ0n) is 15.2. The second kappa shape index (κ2) is 13.7. The smallest absolute Gasteiger partial charge is 0.244 e. The molecule has 0 aromatic heterocycles. The molecule has 1 rings (SSSR count). The second-order valence-electron chi connectivity index (χ2n) is 6.41. The van der Waals surface area contributed by atoms with E-state index < -0.39 is 0 Å². The Morgan fingerprint density at radius 2 is 1.72 bits per heavy atom. The number of hydrogen-bond acceptors (Lipinski definition) is 3. The van der Waals surface area contributed by atoms with Gasteiger partial charge in [0.05, 0.1) is 0 Å². The summed E-state index contributed by atoms with van der Waals surface area (Å²) < 4.78 is 0. The van der Waals surface area contributed by atoms with Crippen LogP contribution < -0.4 is 5.32 Å². The third-order valence-corrected chi connectivity index (χ3v) is 4.37. The fourth-order valence-corrected chi connectivity index (χ4v) is 2.99. The minimum absolute atomic E-state index is 0.0364. The largest absolute Gasteiger partial charge is 0.353 e. The van der Waals surface area contributed by atoms with Crippen molar-refractivity contribution in [2.45, 2.75) is 63.5 Å². The van der Waals surface area contributed by atoms with Gasteiger partial charge in [-0.15, -0.1) is 0 Å². The maximum atomic E-state index is 11.9. The van der Waals surface area contributed by atoms with Crippen LogP contribution in [0.4, 0.5) is 0 Å². The van der Waals surface area contributed by atoms with Gasteiger partial charge in [-0.05, 0) is 24.5 Å². The Balaban J connectivity index is 2.14. The second-order valence-corrected chi connectivity index (χ2v) is 7.14. The van der Waals surface area contributed by atoms with Crippen LogP contribution in [-0.2, 0) is 16.0 Å². The first-order valence-electron chi connectivity index (χ1n) is 9.32. The summed E-state index contributed by atoms with van der Waals surface area (Å²) in [6.45, 7) is 2.87. The lowest BCUT2D eigenvalue weighted by Gasteiger charge is -2.08. The maximum absolute atomic E-state index is 11.9. The molecule has 0 spiro atoms. The fourth-order valence-electron chi connectivity index (χ4n) is 2.60. The number of carbonyl (C=O) groups is 2. The van der Waals surface area contributed by atoms with Gasteiger partial charge in [-0.2, -0.15) is 12.6 Å². The molecule has 0 saturated carbocycles. The van der Waals surface area contributed by atoms with Gasteiger partial charge >= 0.3 is 0 Å². The highest BCUT2D eigenvalue weighted by Gasteiger charge is 2.09. The van der Waals surface area contributed by atoms with E-state index >= 15 is 0 Å². The molecule has 0 aliphatic carbocycles. The molecule has 1 aromatic carbocycles. The number of benzene rings is 1. The van der Waals surface area contributed by atoms with Crippen molar-refractivity contribution in [2.24, 2.45) is 0 Å². The molecule has 3 nitrogen and oxygen atoms in total. The van der Waals surface area contributed by atoms with Gasteiger partial charge in [-0.3, -0.25) is 9.59 Å². The van der Waals surface area contributed by atoms with Crippen LogP contribution in [0.5, 0.6) is 0 Å². The highest BCUT2D eigenvalue weighted by Crippen LogP contribution is 2.11. The van der Waals surface area contributed by atoms with E-state index in [1.54, 1.807) is 0 Å². The predicted molar refractivity (Wildman–Crippen MR) is 108 cm³/mol. The first-order chi connectivity index (χ1) is 12.1. The number of carbonyl (C=O) groups excluding carboxylic acids is 2. The zero-order chi connectivity index (χ0) is 18.3. The number of rotatable bonds is 13. The minimum Gasteiger partial charge on any atom is -0.353 e. The zero-order valence-corrected chi connectivity index (χ0v) is 16.1. The summed E-state index contributed by atoms with van der Waals surface area (Å²) in [7, 11) is 0. The van der Waals surface area contributed by atoms with Crippen LogP contribution in [0.15, 0.2) is 42.5 Å². The molecule has 0 aliphatic heterocycles. The van der Waals surface area contributed by atoms with Crippen molar-refractivity contribution in [3.63, 3.8) is 0 Å². The van der Waals surface area contributed by atoms with E-state index in [0.717, 1.165) is 24.8 Å². The number of amides is 1. The van der Waals surface area contributed by atoms with Crippen molar-refractivity contribution in [2.75, 3.05) is 6.54 Å². The monoisotopic (exact) mass is 361 g/mol. The molecule has 0 bridgehead atoms. The van der Waals surface area contributed by atoms with Crippen LogP contribution in [0.2, 0.25) is 0 Å². The molecule has 0 fully saturated rings. The molecule has 0 saturated heterocycles. The van der Waals surface area contributed by atoms with Crippen LogP contribution in [0, 0.1) is 0 Å². The third-order valence-electron chi connectivity index (χ3n) is 4.00. The highest BCUT2D eigenvalue weighted by atomic mass is 32.1. The number of nitrogens with one attached hydrogen (secondary N) is 1. The van der Waals surface area contributed by atoms with Crippen LogP contribution in [0.3, 0.4) is 0 Å². The van der Waals surface area contributed by atoms with Crippen molar-refractivity contribution in [1.29, 1.82) is 0 Å². The predicted octanol–water partition coefficient (Wildman–Crippen LogP) is 4.52. The summed E-state index contributed by atoms with van der Waals surface area (Å²) in [6.07, 6.45) is 10.9. The molecule has 1 N–H and O–H groups in total. The van der Waals surface area contributed by atoms with Gasteiger partial charge in [0.1, 0.15) is 0 Å². The third kappa shape index (κ3) is 11.6. The van der Waals surface area contributed by atoms with Crippen molar-refractivity contribution < 1.29 is 9.59 Å². The molecular weight excluding hydrogens is 330 g/mol. The van der Waals surface area contributed by atoms with E-state index in [2.05, 4.69) is 24.9 Å². The quantitative estimate of drug-likeness (QED) is 0.308. The average molecular weight is 362 g/mol. The van der Waals surface area contributed by atoms with Crippen LogP contribution in [0.1, 0.15) is 57.4 Å². The van der Waals surface area contributed by atoms with Crippen LogP contribution >= 0.6 is 12.6 Å². The van der Waals surface area contributed by atoms with Crippen molar-refractivity contribution in [3.05, 3.63) is 48.0 Å². The first-order valence-corrected chi connectivity index (χ1v) is 9.84. The highest BCUT2D eigenvalue weighted by molar-refractivity contribution is 7.81. The minimum atomic E-state index is -0.194. The van der Waals surface area contributed by atoms with Gasteiger partial charge in [0.25, 0.3) is 0 Å². The molecule has 0 heterocycles. The molecule has 25 heavy (non-hydrogen) atoms. The Bertz CT molecular complexity index is 528. The van der Waals surface area contributed by atoms with E-state index in [1.165, 1.54) is 37.8 Å². The van der Waals surface area contributed by atoms with E-state index in [9.17, 15) is 9.59 Å². The summed E-state index contributed by atoms with van der Waals surface area (Å²) in [4.78, 5) is 23.6. The fraction of sp³-hybridized carbons (Fsp3) is 0.524. The SMILES string of the molecule is CCCCCCCCNC(=O)C=CC(=O)CC(S)Cc1ccccc1. The number of thiol groups is 1. The van der Waals surface area contributed by atoms with Crippen LogP contribution in [0.25, 0.3) is 0 Å². The maximum Gasteiger partial charge on any atom is 0.244 e. The number of unbranched alkanes of at least 4 members (excludes halogenated alkanes) is 5. The first kappa shape index (κ1) is 21.5. The lowest BCUT2D eigenvalue weighted by Crippen LogP contribution is -2.22. The summed E-state index contributed by atoms with van der Waals surface area (Å²) in [5, 5.41) is 2.79. The summed E-state index contributed by atoms with van der Waals surface area (Å²) in [5.74, 6) is -0.258. The Morgan fingerprint density at radius 1 is 1.04 bits per heavy atom. The van der Waals surface area contributed by atoms with Crippen molar-refractivity contribution in [3.8, 4) is 0 Å². The Morgan fingerprint density at radius 3 is 2.44 bits per heavy atom. The van der Waals surface area contributed by atoms with Gasteiger partial charge in [-0.1, -0.05) is 69.4 Å². The molecule has 138 valence electrons. The molecule has 1 aromatic rings. The number of ketones is 1. The Hall–Kier alpha value is -1.55. The summed E-state index contributed by atoms with van der Waals surface area (Å²) >= 11 is 4.47. The van der Waals surface area contributed by atoms with Gasteiger partial charge in [0.2, 0.25) is 5.91 Å². The molecule has 0 radical (unpaired) electrons. The van der Waals surface area contributed by atoms with Gasteiger partial charge < -0.3 is 5.32 Å².